The number of amides is 1. The summed E-state index contributed by atoms with van der Waals surface area (Å²) < 4.78 is 0. The molecule has 2 rings (SSSR count). The Balaban J connectivity index is 2.43. The lowest BCUT2D eigenvalue weighted by Crippen LogP contribution is -2.41. The summed E-state index contributed by atoms with van der Waals surface area (Å²) in [5.74, 6) is 0.454. The van der Waals surface area contributed by atoms with Crippen LogP contribution in [0.4, 0.5) is 5.69 Å². The Morgan fingerprint density at radius 1 is 1.18 bits per heavy atom. The summed E-state index contributed by atoms with van der Waals surface area (Å²) in [6.07, 6.45) is 2.14. The Morgan fingerprint density at radius 2 is 1.76 bits per heavy atom. The number of nitrogens with zero attached hydrogens (tertiary/aromatic N) is 1. The van der Waals surface area contributed by atoms with Crippen LogP contribution >= 0.6 is 0 Å². The molecule has 0 bridgehead atoms. The van der Waals surface area contributed by atoms with Gasteiger partial charge in [0, 0.05) is 18.2 Å². The molecule has 1 atom stereocenters. The fourth-order valence-electron chi connectivity index (χ4n) is 2.88. The third-order valence-electron chi connectivity index (χ3n) is 3.61. The maximum atomic E-state index is 12.2. The van der Waals surface area contributed by atoms with Crippen molar-refractivity contribution in [2.75, 3.05) is 11.4 Å². The molecule has 1 unspecified atom stereocenters. The Labute approximate surface area is 104 Å². The molecule has 1 aromatic carbocycles. The molecule has 0 radical (unpaired) electrons. The van der Waals surface area contributed by atoms with E-state index in [0.29, 0.717) is 0 Å². The first-order valence-electron chi connectivity index (χ1n) is 6.40. The number of rotatable bonds is 1. The van der Waals surface area contributed by atoms with Crippen molar-refractivity contribution in [3.63, 3.8) is 0 Å². The van der Waals surface area contributed by atoms with Crippen LogP contribution in [0.1, 0.15) is 36.5 Å². The molecule has 1 saturated heterocycles. The van der Waals surface area contributed by atoms with Gasteiger partial charge in [-0.15, -0.1) is 0 Å². The number of carbonyl (C=O) groups is 1. The normalized spacial score (nSPS) is 20.8. The number of hydrogen-bond donors (Lipinski definition) is 0. The Kier molecular flexibility index (Phi) is 3.23. The van der Waals surface area contributed by atoms with Gasteiger partial charge in [-0.2, -0.15) is 0 Å². The zero-order valence-electron chi connectivity index (χ0n) is 11.2. The van der Waals surface area contributed by atoms with E-state index in [1.54, 1.807) is 0 Å². The predicted octanol–water partition coefficient (Wildman–Crippen LogP) is 3.37. The van der Waals surface area contributed by atoms with Crippen molar-refractivity contribution in [3.05, 3.63) is 28.8 Å². The van der Waals surface area contributed by atoms with E-state index in [-0.39, 0.29) is 11.8 Å². The lowest BCUT2D eigenvalue weighted by Gasteiger charge is -2.33. The molecule has 0 aromatic heterocycles. The molecule has 92 valence electrons. The van der Waals surface area contributed by atoms with Crippen LogP contribution in [0.5, 0.6) is 0 Å². The van der Waals surface area contributed by atoms with Crippen LogP contribution < -0.4 is 4.90 Å². The van der Waals surface area contributed by atoms with Gasteiger partial charge in [-0.05, 0) is 44.7 Å². The standard InChI is InChI=1S/C15H21NO/c1-10-8-12(3)14(13(4)9-10)16-7-5-6-11(2)15(16)17/h8-9,11H,5-7H2,1-4H3. The first kappa shape index (κ1) is 12.2. The zero-order valence-corrected chi connectivity index (χ0v) is 11.2. The maximum Gasteiger partial charge on any atom is 0.229 e. The molecule has 2 nitrogen and oxygen atoms in total. The lowest BCUT2D eigenvalue weighted by atomic mass is 9.96. The highest BCUT2D eigenvalue weighted by Gasteiger charge is 2.27. The minimum Gasteiger partial charge on any atom is -0.312 e. The average molecular weight is 231 g/mol. The van der Waals surface area contributed by atoms with Crippen LogP contribution in [-0.2, 0) is 4.79 Å². The summed E-state index contributed by atoms with van der Waals surface area (Å²) in [6, 6.07) is 4.32. The molecule has 1 aromatic rings. The van der Waals surface area contributed by atoms with Crippen molar-refractivity contribution in [3.8, 4) is 0 Å². The van der Waals surface area contributed by atoms with Crippen LogP contribution in [0.2, 0.25) is 0 Å². The SMILES string of the molecule is Cc1cc(C)c(N2CCCC(C)C2=O)c(C)c1. The molecule has 1 aliphatic heterocycles. The number of aryl methyl sites for hydroxylation is 3. The second-order valence-electron chi connectivity index (χ2n) is 5.28. The van der Waals surface area contributed by atoms with Gasteiger partial charge in [0.25, 0.3) is 0 Å². The van der Waals surface area contributed by atoms with E-state index in [0.717, 1.165) is 25.1 Å². The van der Waals surface area contributed by atoms with Gasteiger partial charge >= 0.3 is 0 Å². The van der Waals surface area contributed by atoms with E-state index in [9.17, 15) is 4.79 Å². The Hall–Kier alpha value is -1.31. The zero-order chi connectivity index (χ0) is 12.6. The number of piperidine rings is 1. The quantitative estimate of drug-likeness (QED) is 0.725. The molecule has 0 aliphatic carbocycles. The highest BCUT2D eigenvalue weighted by molar-refractivity contribution is 5.97. The summed E-state index contributed by atoms with van der Waals surface area (Å²) in [5.41, 5.74) is 4.82. The molecule has 0 N–H and O–H groups in total. The lowest BCUT2D eigenvalue weighted by molar-refractivity contribution is -0.123. The highest BCUT2D eigenvalue weighted by Crippen LogP contribution is 2.30. The van der Waals surface area contributed by atoms with E-state index < -0.39 is 0 Å². The molecule has 1 heterocycles. The van der Waals surface area contributed by atoms with E-state index in [1.165, 1.54) is 16.7 Å². The summed E-state index contributed by atoms with van der Waals surface area (Å²) in [4.78, 5) is 14.2. The molecule has 0 spiro atoms. The van der Waals surface area contributed by atoms with Crippen LogP contribution in [0.15, 0.2) is 12.1 Å². The molecule has 1 aliphatic rings. The maximum absolute atomic E-state index is 12.2. The van der Waals surface area contributed by atoms with Gasteiger partial charge in [-0.3, -0.25) is 4.79 Å². The van der Waals surface area contributed by atoms with Gasteiger partial charge in [0.15, 0.2) is 0 Å². The van der Waals surface area contributed by atoms with Crippen molar-refractivity contribution in [2.45, 2.75) is 40.5 Å². The van der Waals surface area contributed by atoms with E-state index in [1.807, 2.05) is 11.8 Å². The first-order valence-corrected chi connectivity index (χ1v) is 6.40. The van der Waals surface area contributed by atoms with Gasteiger partial charge in [0.1, 0.15) is 0 Å². The van der Waals surface area contributed by atoms with E-state index in [2.05, 4.69) is 32.9 Å². The molecule has 0 saturated carbocycles. The summed E-state index contributed by atoms with van der Waals surface area (Å²) in [6.45, 7) is 9.20. The van der Waals surface area contributed by atoms with E-state index in [4.69, 9.17) is 0 Å². The second-order valence-corrected chi connectivity index (χ2v) is 5.28. The predicted molar refractivity (Wildman–Crippen MR) is 71.4 cm³/mol. The van der Waals surface area contributed by atoms with Crippen LogP contribution in [0.25, 0.3) is 0 Å². The first-order chi connectivity index (χ1) is 8.00. The number of carbonyl (C=O) groups excluding carboxylic acids is 1. The second kappa shape index (κ2) is 4.52. The van der Waals surface area contributed by atoms with Crippen LogP contribution in [0, 0.1) is 26.7 Å². The van der Waals surface area contributed by atoms with Gasteiger partial charge < -0.3 is 4.90 Å². The third kappa shape index (κ3) is 2.21. The monoisotopic (exact) mass is 231 g/mol. The van der Waals surface area contributed by atoms with Crippen molar-refractivity contribution in [1.29, 1.82) is 0 Å². The summed E-state index contributed by atoms with van der Waals surface area (Å²) in [7, 11) is 0. The molecule has 1 amide bonds. The Morgan fingerprint density at radius 3 is 2.35 bits per heavy atom. The minimum atomic E-state index is 0.170. The van der Waals surface area contributed by atoms with Crippen molar-refractivity contribution in [1.82, 2.24) is 0 Å². The average Bonchev–Trinajstić information content (AvgIpc) is 2.23. The summed E-state index contributed by atoms with van der Waals surface area (Å²) >= 11 is 0. The van der Waals surface area contributed by atoms with Crippen LogP contribution in [0.3, 0.4) is 0 Å². The van der Waals surface area contributed by atoms with Gasteiger partial charge in [-0.1, -0.05) is 24.6 Å². The summed E-state index contributed by atoms with van der Waals surface area (Å²) in [5, 5.41) is 0. The number of hydrogen-bond acceptors (Lipinski definition) is 1. The fourth-order valence-corrected chi connectivity index (χ4v) is 2.88. The molecular formula is C15H21NO. The smallest absolute Gasteiger partial charge is 0.229 e. The topological polar surface area (TPSA) is 20.3 Å². The molecule has 1 fully saturated rings. The van der Waals surface area contributed by atoms with Crippen molar-refractivity contribution in [2.24, 2.45) is 5.92 Å². The largest absolute Gasteiger partial charge is 0.312 e. The van der Waals surface area contributed by atoms with Crippen molar-refractivity contribution < 1.29 is 4.79 Å². The van der Waals surface area contributed by atoms with E-state index >= 15 is 0 Å². The third-order valence-corrected chi connectivity index (χ3v) is 3.61. The fraction of sp³-hybridized carbons (Fsp3) is 0.533. The highest BCUT2D eigenvalue weighted by atomic mass is 16.2. The molecule has 17 heavy (non-hydrogen) atoms. The number of benzene rings is 1. The number of anilines is 1. The van der Waals surface area contributed by atoms with Crippen LogP contribution in [-0.4, -0.2) is 12.5 Å². The minimum absolute atomic E-state index is 0.170. The molecule has 2 heteroatoms. The van der Waals surface area contributed by atoms with Gasteiger partial charge in [-0.25, -0.2) is 0 Å². The van der Waals surface area contributed by atoms with Crippen molar-refractivity contribution >= 4 is 11.6 Å². The van der Waals surface area contributed by atoms with Gasteiger partial charge in [0.05, 0.1) is 0 Å². The molecular weight excluding hydrogens is 210 g/mol. The Bertz CT molecular complexity index is 427. The van der Waals surface area contributed by atoms with Gasteiger partial charge in [0.2, 0.25) is 5.91 Å².